The number of benzene rings is 1. The van der Waals surface area contributed by atoms with E-state index >= 15 is 0 Å². The molecule has 0 aliphatic rings. The Labute approximate surface area is 104 Å². The second-order valence-electron chi connectivity index (χ2n) is 4.08. The number of nitrogens with one attached hydrogen (secondary N) is 1. The van der Waals surface area contributed by atoms with Crippen LogP contribution < -0.4 is 10.1 Å². The van der Waals surface area contributed by atoms with Gasteiger partial charge in [0.25, 0.3) is 0 Å². The van der Waals surface area contributed by atoms with Crippen LogP contribution in [0, 0.1) is 0 Å². The van der Waals surface area contributed by atoms with E-state index in [0.29, 0.717) is 12.6 Å². The smallest absolute Gasteiger partial charge is 0.119 e. The minimum Gasteiger partial charge on any atom is -0.494 e. The number of hydrogen-bond donors (Lipinski definition) is 2. The number of aliphatic hydroxyl groups excluding tert-OH is 1. The van der Waals surface area contributed by atoms with Gasteiger partial charge in [-0.15, -0.1) is 0 Å². The maximum absolute atomic E-state index is 8.92. The lowest BCUT2D eigenvalue weighted by atomic mass is 10.1. The van der Waals surface area contributed by atoms with Crippen LogP contribution in [0.25, 0.3) is 0 Å². The van der Waals surface area contributed by atoms with Crippen LogP contribution in [-0.2, 0) is 6.54 Å². The van der Waals surface area contributed by atoms with Gasteiger partial charge < -0.3 is 15.2 Å². The van der Waals surface area contributed by atoms with Gasteiger partial charge in [-0.2, -0.15) is 0 Å². The summed E-state index contributed by atoms with van der Waals surface area (Å²) < 4.78 is 5.46. The van der Waals surface area contributed by atoms with Crippen molar-refractivity contribution in [2.45, 2.75) is 39.3 Å². The molecule has 0 saturated heterocycles. The number of rotatable bonds is 8. The van der Waals surface area contributed by atoms with Crippen molar-refractivity contribution in [1.29, 1.82) is 0 Å². The Balaban J connectivity index is 2.47. The van der Waals surface area contributed by atoms with Gasteiger partial charge in [-0.3, -0.25) is 0 Å². The average Bonchev–Trinajstić information content (AvgIpc) is 2.35. The molecular weight excluding hydrogens is 214 g/mol. The molecule has 0 spiro atoms. The first-order valence-electron chi connectivity index (χ1n) is 6.36. The third-order valence-electron chi connectivity index (χ3n) is 2.77. The van der Waals surface area contributed by atoms with Gasteiger partial charge in [-0.1, -0.05) is 19.1 Å². The van der Waals surface area contributed by atoms with E-state index in [1.807, 2.05) is 19.1 Å². The highest BCUT2D eigenvalue weighted by Gasteiger charge is 2.04. The third kappa shape index (κ3) is 5.20. The molecule has 1 atom stereocenters. The topological polar surface area (TPSA) is 41.5 Å². The largest absolute Gasteiger partial charge is 0.494 e. The summed E-state index contributed by atoms with van der Waals surface area (Å²) in [5, 5.41) is 12.4. The van der Waals surface area contributed by atoms with E-state index in [-0.39, 0.29) is 6.61 Å². The van der Waals surface area contributed by atoms with Crippen molar-refractivity contribution in [2.75, 3.05) is 13.2 Å². The highest BCUT2D eigenvalue weighted by Crippen LogP contribution is 2.13. The monoisotopic (exact) mass is 237 g/mol. The van der Waals surface area contributed by atoms with E-state index < -0.39 is 0 Å². The molecule has 3 nitrogen and oxygen atoms in total. The molecule has 1 aromatic carbocycles. The van der Waals surface area contributed by atoms with Crippen molar-refractivity contribution >= 4 is 0 Å². The van der Waals surface area contributed by atoms with E-state index in [9.17, 15) is 0 Å². The molecule has 0 heterocycles. The van der Waals surface area contributed by atoms with Gasteiger partial charge in [0.2, 0.25) is 0 Å². The van der Waals surface area contributed by atoms with Crippen LogP contribution in [0.4, 0.5) is 0 Å². The third-order valence-corrected chi connectivity index (χ3v) is 2.77. The SMILES string of the molecule is CCOc1cccc(CNC(CC)CCO)c1. The van der Waals surface area contributed by atoms with Crippen LogP contribution in [-0.4, -0.2) is 24.4 Å². The molecule has 2 N–H and O–H groups in total. The van der Waals surface area contributed by atoms with Crippen LogP contribution in [0.3, 0.4) is 0 Å². The van der Waals surface area contributed by atoms with E-state index in [4.69, 9.17) is 9.84 Å². The maximum Gasteiger partial charge on any atom is 0.119 e. The molecule has 0 amide bonds. The summed E-state index contributed by atoms with van der Waals surface area (Å²) in [5.74, 6) is 0.919. The normalized spacial score (nSPS) is 12.4. The molecule has 1 rings (SSSR count). The van der Waals surface area contributed by atoms with E-state index in [0.717, 1.165) is 25.1 Å². The molecule has 0 aromatic heterocycles. The molecule has 3 heteroatoms. The number of hydrogen-bond acceptors (Lipinski definition) is 3. The lowest BCUT2D eigenvalue weighted by Gasteiger charge is -2.16. The van der Waals surface area contributed by atoms with Gasteiger partial charge in [0.15, 0.2) is 0 Å². The molecule has 0 aliphatic carbocycles. The lowest BCUT2D eigenvalue weighted by Crippen LogP contribution is -2.28. The molecule has 0 aliphatic heterocycles. The molecule has 0 saturated carbocycles. The van der Waals surface area contributed by atoms with Crippen molar-refractivity contribution in [2.24, 2.45) is 0 Å². The molecular formula is C14H23NO2. The van der Waals surface area contributed by atoms with Crippen molar-refractivity contribution in [3.05, 3.63) is 29.8 Å². The summed E-state index contributed by atoms with van der Waals surface area (Å²) in [6.07, 6.45) is 1.84. The molecule has 0 radical (unpaired) electrons. The standard InChI is InChI=1S/C14H23NO2/c1-3-13(8-9-16)15-11-12-6-5-7-14(10-12)17-4-2/h5-7,10,13,15-16H,3-4,8-9,11H2,1-2H3. The van der Waals surface area contributed by atoms with Crippen molar-refractivity contribution in [3.63, 3.8) is 0 Å². The van der Waals surface area contributed by atoms with Gasteiger partial charge >= 0.3 is 0 Å². The Morgan fingerprint density at radius 2 is 2.18 bits per heavy atom. The summed E-state index contributed by atoms with van der Waals surface area (Å²) in [7, 11) is 0. The van der Waals surface area contributed by atoms with Crippen LogP contribution in [0.2, 0.25) is 0 Å². The van der Waals surface area contributed by atoms with E-state index in [1.54, 1.807) is 0 Å². The first-order chi connectivity index (χ1) is 8.30. The molecule has 1 aromatic rings. The van der Waals surface area contributed by atoms with Gasteiger partial charge in [0.1, 0.15) is 5.75 Å². The highest BCUT2D eigenvalue weighted by atomic mass is 16.5. The quantitative estimate of drug-likeness (QED) is 0.729. The Bertz CT molecular complexity index is 315. The van der Waals surface area contributed by atoms with Gasteiger partial charge in [0, 0.05) is 19.2 Å². The average molecular weight is 237 g/mol. The Morgan fingerprint density at radius 3 is 2.82 bits per heavy atom. The molecule has 0 bridgehead atoms. The van der Waals surface area contributed by atoms with Crippen LogP contribution in [0.15, 0.2) is 24.3 Å². The Hall–Kier alpha value is -1.06. The fraction of sp³-hybridized carbons (Fsp3) is 0.571. The fourth-order valence-electron chi connectivity index (χ4n) is 1.78. The van der Waals surface area contributed by atoms with Gasteiger partial charge in [-0.05, 0) is 37.5 Å². The van der Waals surface area contributed by atoms with Crippen LogP contribution >= 0.6 is 0 Å². The van der Waals surface area contributed by atoms with Crippen molar-refractivity contribution in [3.8, 4) is 5.75 Å². The van der Waals surface area contributed by atoms with Gasteiger partial charge in [0.05, 0.1) is 6.61 Å². The molecule has 96 valence electrons. The summed E-state index contributed by atoms with van der Waals surface area (Å²) >= 11 is 0. The molecule has 17 heavy (non-hydrogen) atoms. The maximum atomic E-state index is 8.92. The first kappa shape index (κ1) is 14.0. The Kier molecular flexibility index (Phi) is 6.67. The second kappa shape index (κ2) is 8.09. The predicted octanol–water partition coefficient (Wildman–Crippen LogP) is 2.34. The zero-order valence-electron chi connectivity index (χ0n) is 10.8. The zero-order chi connectivity index (χ0) is 12.5. The summed E-state index contributed by atoms with van der Waals surface area (Å²) in [4.78, 5) is 0. The summed E-state index contributed by atoms with van der Waals surface area (Å²) in [5.41, 5.74) is 1.22. The first-order valence-corrected chi connectivity index (χ1v) is 6.36. The highest BCUT2D eigenvalue weighted by molar-refractivity contribution is 5.28. The molecule has 1 unspecified atom stereocenters. The minimum absolute atomic E-state index is 0.241. The second-order valence-corrected chi connectivity index (χ2v) is 4.08. The Morgan fingerprint density at radius 1 is 1.35 bits per heavy atom. The van der Waals surface area contributed by atoms with Crippen LogP contribution in [0.5, 0.6) is 5.75 Å². The predicted molar refractivity (Wildman–Crippen MR) is 70.2 cm³/mol. The molecule has 0 fully saturated rings. The lowest BCUT2D eigenvalue weighted by molar-refractivity contribution is 0.262. The van der Waals surface area contributed by atoms with Crippen LogP contribution in [0.1, 0.15) is 32.3 Å². The van der Waals surface area contributed by atoms with Gasteiger partial charge in [-0.25, -0.2) is 0 Å². The number of ether oxygens (including phenoxy) is 1. The van der Waals surface area contributed by atoms with E-state index in [1.165, 1.54) is 5.56 Å². The minimum atomic E-state index is 0.241. The fourth-order valence-corrected chi connectivity index (χ4v) is 1.78. The van der Waals surface area contributed by atoms with Crippen molar-refractivity contribution < 1.29 is 9.84 Å². The number of aliphatic hydroxyl groups is 1. The van der Waals surface area contributed by atoms with Crippen molar-refractivity contribution in [1.82, 2.24) is 5.32 Å². The summed E-state index contributed by atoms with van der Waals surface area (Å²) in [6.45, 7) is 5.87. The summed E-state index contributed by atoms with van der Waals surface area (Å²) in [6, 6.07) is 8.51. The zero-order valence-corrected chi connectivity index (χ0v) is 10.8. The van der Waals surface area contributed by atoms with E-state index in [2.05, 4.69) is 24.4 Å².